The first-order valence-electron chi connectivity index (χ1n) is 4.40. The van der Waals surface area contributed by atoms with Crippen LogP contribution in [0.2, 0.25) is 0 Å². The molecule has 3 heterocycles. The summed E-state index contributed by atoms with van der Waals surface area (Å²) in [4.78, 5) is 4.22. The van der Waals surface area contributed by atoms with Crippen molar-refractivity contribution in [3.05, 3.63) is 49.2 Å². The average Bonchev–Trinajstić information content (AvgIpc) is 2.88. The van der Waals surface area contributed by atoms with Gasteiger partial charge in [-0.15, -0.1) is 0 Å². The number of rotatable bonds is 1. The van der Waals surface area contributed by atoms with Crippen LogP contribution in [0.4, 0.5) is 0 Å². The van der Waals surface area contributed by atoms with Gasteiger partial charge in [0.05, 0.1) is 18.2 Å². The monoisotopic (exact) mass is 184 g/mol. The molecular formula is C11H8N2O. The third-order valence-electron chi connectivity index (χ3n) is 2.25. The van der Waals surface area contributed by atoms with E-state index in [0.717, 1.165) is 16.9 Å². The van der Waals surface area contributed by atoms with E-state index in [1.165, 1.54) is 0 Å². The van der Waals surface area contributed by atoms with Crippen molar-refractivity contribution in [2.24, 2.45) is 0 Å². The van der Waals surface area contributed by atoms with Gasteiger partial charge in [-0.2, -0.15) is 0 Å². The summed E-state index contributed by atoms with van der Waals surface area (Å²) in [5, 5.41) is 0. The van der Waals surface area contributed by atoms with Crippen LogP contribution in [0.3, 0.4) is 0 Å². The minimum absolute atomic E-state index is 0.948. The van der Waals surface area contributed by atoms with Crippen molar-refractivity contribution in [3.8, 4) is 11.3 Å². The lowest BCUT2D eigenvalue weighted by atomic mass is 10.2. The molecule has 3 heteroatoms. The van der Waals surface area contributed by atoms with E-state index in [1.807, 2.05) is 34.9 Å². The van der Waals surface area contributed by atoms with Crippen LogP contribution in [0.15, 0.2) is 53.6 Å². The summed E-state index contributed by atoms with van der Waals surface area (Å²) in [7, 11) is 0. The van der Waals surface area contributed by atoms with Crippen molar-refractivity contribution >= 4 is 5.65 Å². The maximum Gasteiger partial charge on any atom is 0.137 e. The molecule has 3 aromatic heterocycles. The van der Waals surface area contributed by atoms with Crippen molar-refractivity contribution in [2.75, 3.05) is 0 Å². The number of furan rings is 1. The Kier molecular flexibility index (Phi) is 1.44. The van der Waals surface area contributed by atoms with Crippen molar-refractivity contribution in [1.29, 1.82) is 0 Å². The van der Waals surface area contributed by atoms with Gasteiger partial charge in [0.15, 0.2) is 0 Å². The average molecular weight is 184 g/mol. The van der Waals surface area contributed by atoms with Gasteiger partial charge in [0.1, 0.15) is 5.65 Å². The van der Waals surface area contributed by atoms with Gasteiger partial charge < -0.3 is 4.42 Å². The van der Waals surface area contributed by atoms with Crippen molar-refractivity contribution < 1.29 is 4.42 Å². The maximum atomic E-state index is 5.06. The minimum Gasteiger partial charge on any atom is -0.472 e. The Hall–Kier alpha value is -2.03. The minimum atomic E-state index is 0.948. The van der Waals surface area contributed by atoms with E-state index < -0.39 is 0 Å². The van der Waals surface area contributed by atoms with Gasteiger partial charge in [-0.25, -0.2) is 4.98 Å². The molecule has 0 aromatic carbocycles. The van der Waals surface area contributed by atoms with Crippen LogP contribution >= 0.6 is 0 Å². The van der Waals surface area contributed by atoms with Gasteiger partial charge in [-0.1, -0.05) is 6.07 Å². The first-order valence-corrected chi connectivity index (χ1v) is 4.40. The van der Waals surface area contributed by atoms with Gasteiger partial charge in [-0.3, -0.25) is 4.40 Å². The number of hydrogen-bond acceptors (Lipinski definition) is 2. The van der Waals surface area contributed by atoms with Crippen molar-refractivity contribution in [3.63, 3.8) is 0 Å². The summed E-state index contributed by atoms with van der Waals surface area (Å²) >= 11 is 0. The molecule has 0 aliphatic carbocycles. The Bertz CT molecular complexity index is 551. The molecule has 0 N–H and O–H groups in total. The molecule has 0 bridgehead atoms. The second kappa shape index (κ2) is 2.73. The number of aromatic nitrogens is 2. The lowest BCUT2D eigenvalue weighted by Gasteiger charge is -2.01. The molecule has 14 heavy (non-hydrogen) atoms. The van der Waals surface area contributed by atoms with Gasteiger partial charge in [-0.05, 0) is 18.2 Å². The molecule has 0 fully saturated rings. The van der Waals surface area contributed by atoms with Crippen LogP contribution in [0.1, 0.15) is 0 Å². The fourth-order valence-corrected chi connectivity index (χ4v) is 1.59. The normalized spacial score (nSPS) is 10.9. The molecule has 0 amide bonds. The molecule has 0 spiro atoms. The van der Waals surface area contributed by atoms with Crippen LogP contribution in [0, 0.1) is 0 Å². The Morgan fingerprint density at radius 1 is 1.21 bits per heavy atom. The number of pyridine rings is 1. The molecule has 0 aliphatic rings. The largest absolute Gasteiger partial charge is 0.472 e. The number of hydrogen-bond donors (Lipinski definition) is 0. The molecule has 0 aliphatic heterocycles. The fourth-order valence-electron chi connectivity index (χ4n) is 1.59. The molecule has 0 saturated carbocycles. The highest BCUT2D eigenvalue weighted by Gasteiger charge is 2.03. The number of nitrogens with zero attached hydrogens (tertiary/aromatic N) is 2. The van der Waals surface area contributed by atoms with Crippen LogP contribution in [-0.4, -0.2) is 9.38 Å². The molecule has 0 atom stereocenters. The summed E-state index contributed by atoms with van der Waals surface area (Å²) in [5.74, 6) is 0. The fraction of sp³-hybridized carbons (Fsp3) is 0. The third-order valence-corrected chi connectivity index (χ3v) is 2.25. The predicted octanol–water partition coefficient (Wildman–Crippen LogP) is 2.59. The van der Waals surface area contributed by atoms with Gasteiger partial charge in [0.2, 0.25) is 0 Å². The van der Waals surface area contributed by atoms with E-state index >= 15 is 0 Å². The van der Waals surface area contributed by atoms with Crippen LogP contribution < -0.4 is 0 Å². The van der Waals surface area contributed by atoms with E-state index in [2.05, 4.69) is 4.98 Å². The summed E-state index contributed by atoms with van der Waals surface area (Å²) in [6.45, 7) is 0. The summed E-state index contributed by atoms with van der Waals surface area (Å²) in [6.07, 6.45) is 7.14. The lowest BCUT2D eigenvalue weighted by molar-refractivity contribution is 0.568. The van der Waals surface area contributed by atoms with Crippen LogP contribution in [0.25, 0.3) is 16.9 Å². The molecular weight excluding hydrogens is 176 g/mol. The highest BCUT2D eigenvalue weighted by atomic mass is 16.3. The molecule has 0 saturated heterocycles. The van der Waals surface area contributed by atoms with Crippen molar-refractivity contribution in [2.45, 2.75) is 0 Å². The zero-order valence-corrected chi connectivity index (χ0v) is 7.42. The van der Waals surface area contributed by atoms with E-state index in [1.54, 1.807) is 18.7 Å². The second-order valence-electron chi connectivity index (χ2n) is 3.08. The van der Waals surface area contributed by atoms with E-state index in [0.29, 0.717) is 0 Å². The molecule has 3 aromatic rings. The van der Waals surface area contributed by atoms with Crippen molar-refractivity contribution in [1.82, 2.24) is 9.38 Å². The van der Waals surface area contributed by atoms with Crippen LogP contribution in [-0.2, 0) is 0 Å². The van der Waals surface area contributed by atoms with E-state index in [4.69, 9.17) is 4.42 Å². The zero-order chi connectivity index (χ0) is 9.38. The molecule has 3 rings (SSSR count). The molecule has 0 radical (unpaired) electrons. The second-order valence-corrected chi connectivity index (χ2v) is 3.08. The molecule has 68 valence electrons. The maximum absolute atomic E-state index is 5.06. The first-order chi connectivity index (χ1) is 6.95. The molecule has 3 nitrogen and oxygen atoms in total. The molecule has 0 unspecified atom stereocenters. The Morgan fingerprint density at radius 3 is 3.07 bits per heavy atom. The summed E-state index contributed by atoms with van der Waals surface area (Å²) < 4.78 is 7.09. The highest BCUT2D eigenvalue weighted by molar-refractivity contribution is 5.62. The highest BCUT2D eigenvalue weighted by Crippen LogP contribution is 2.20. The van der Waals surface area contributed by atoms with Gasteiger partial charge in [0, 0.05) is 18.0 Å². The third kappa shape index (κ3) is 0.956. The van der Waals surface area contributed by atoms with E-state index in [9.17, 15) is 0 Å². The van der Waals surface area contributed by atoms with Gasteiger partial charge >= 0.3 is 0 Å². The summed E-state index contributed by atoms with van der Waals surface area (Å²) in [6, 6.07) is 7.95. The Balaban J connectivity index is 2.36. The smallest absolute Gasteiger partial charge is 0.137 e. The van der Waals surface area contributed by atoms with Gasteiger partial charge in [0.25, 0.3) is 0 Å². The number of fused-ring (bicyclic) bond motifs is 1. The van der Waals surface area contributed by atoms with Crippen LogP contribution in [0.5, 0.6) is 0 Å². The Morgan fingerprint density at radius 2 is 2.21 bits per heavy atom. The predicted molar refractivity (Wildman–Crippen MR) is 52.9 cm³/mol. The first kappa shape index (κ1) is 7.38. The zero-order valence-electron chi connectivity index (χ0n) is 7.42. The SMILES string of the molecule is c1cc(-c2ccoc2)n2ccnc2c1. The standard InChI is InChI=1S/C11H8N2O/c1-2-10(9-4-7-14-8-9)13-6-5-12-11(13)3-1/h1-8H. The summed E-state index contributed by atoms with van der Waals surface area (Å²) in [5.41, 5.74) is 3.10. The topological polar surface area (TPSA) is 30.4 Å². The quantitative estimate of drug-likeness (QED) is 0.582. The number of imidazole rings is 1. The Labute approximate surface area is 80.6 Å². The lowest BCUT2D eigenvalue weighted by Crippen LogP contribution is -1.88. The van der Waals surface area contributed by atoms with E-state index in [-0.39, 0.29) is 0 Å².